The van der Waals surface area contributed by atoms with Crippen molar-refractivity contribution in [2.45, 2.75) is 48.3 Å². The summed E-state index contributed by atoms with van der Waals surface area (Å²) in [5, 5.41) is 16.1. The summed E-state index contributed by atoms with van der Waals surface area (Å²) in [6, 6.07) is 71.0. The second kappa shape index (κ2) is 27.2. The Balaban J connectivity index is 0.731. The standard InChI is InChI=1S/C78H58N12O4S4/c1-47-66(88-74(95-47)52-29-35-56(36-30-52)83-71(93)62(43-48-19-7-3-8-20-48)85-69(91)54-33-39-60(81-45-54)58-27-15-17-41-79-58)78-67(89-76(98-78)51-25-13-6-14-26-51)64-65(96-73(87-64)50-23-11-5-12-24-50)68-77(78,2)97-75(90-68)53-31-37-57(38-32-53)84-72(94)63(44-49-21-9-4-10-22-49)86-70(92)55-34-40-61(82-46-55)59-28-16-18-42-80-59/h3-42,45-46,62-63H,43-44H2,1-2H3,(H,83,93)(H,84,94)(H,85,91)(H,86,92)/t62?,63?,77-,78-/m1/s1. The van der Waals surface area contributed by atoms with Crippen LogP contribution in [0.2, 0.25) is 0 Å². The van der Waals surface area contributed by atoms with Crippen LogP contribution in [0.15, 0.2) is 265 Å². The van der Waals surface area contributed by atoms with E-state index in [1.807, 2.05) is 182 Å². The van der Waals surface area contributed by atoms with E-state index in [2.05, 4.69) is 79.3 Å². The molecule has 16 nitrogen and oxygen atoms in total. The maximum atomic E-state index is 14.4. The summed E-state index contributed by atoms with van der Waals surface area (Å²) in [6.45, 7) is 4.37. The smallest absolute Gasteiger partial charge is 0.253 e. The number of thiazole rings is 2. The number of carbonyl (C=O) groups excluding carboxylic acids is 4. The number of aromatic nitrogens is 6. The van der Waals surface area contributed by atoms with E-state index < -0.39 is 33.4 Å². The van der Waals surface area contributed by atoms with Crippen molar-refractivity contribution in [3.05, 3.63) is 309 Å². The molecule has 4 atom stereocenters. The monoisotopic (exact) mass is 1350 g/mol. The number of thioether (sulfide) groups is 2. The number of pyridine rings is 4. The van der Waals surface area contributed by atoms with E-state index in [1.165, 1.54) is 12.4 Å². The van der Waals surface area contributed by atoms with Crippen LogP contribution in [0.1, 0.15) is 60.5 Å². The summed E-state index contributed by atoms with van der Waals surface area (Å²) in [5.41, 5.74) is 12.2. The van der Waals surface area contributed by atoms with Crippen LogP contribution in [0, 0.1) is 6.92 Å². The number of anilines is 2. The molecule has 20 heteroatoms. The summed E-state index contributed by atoms with van der Waals surface area (Å²) in [6.07, 6.45) is 6.86. The van der Waals surface area contributed by atoms with Gasteiger partial charge >= 0.3 is 0 Å². The molecule has 98 heavy (non-hydrogen) atoms. The first kappa shape index (κ1) is 62.9. The first-order valence-corrected chi connectivity index (χ1v) is 34.9. The van der Waals surface area contributed by atoms with E-state index in [-0.39, 0.29) is 24.7 Å². The van der Waals surface area contributed by atoms with Crippen molar-refractivity contribution in [3.63, 3.8) is 0 Å². The highest BCUT2D eigenvalue weighted by molar-refractivity contribution is 8.20. The minimum absolute atomic E-state index is 0.247. The van der Waals surface area contributed by atoms with Gasteiger partial charge in [-0.25, -0.2) is 20.0 Å². The molecule has 0 spiro atoms. The molecule has 2 unspecified atom stereocenters. The number of amides is 4. The molecule has 6 aromatic heterocycles. The number of benzene rings is 6. The summed E-state index contributed by atoms with van der Waals surface area (Å²) in [4.78, 5) is 97.6. The fourth-order valence-corrected chi connectivity index (χ4v) is 17.6. The largest absolute Gasteiger partial charge is 0.340 e. The van der Waals surface area contributed by atoms with Gasteiger partial charge in [0.1, 0.15) is 42.3 Å². The molecule has 0 saturated heterocycles. The third-order valence-electron chi connectivity index (χ3n) is 17.2. The van der Waals surface area contributed by atoms with Crippen molar-refractivity contribution in [3.8, 4) is 43.9 Å². The fraction of sp³-hybridized carbons (Fsp3) is 0.103. The van der Waals surface area contributed by atoms with Gasteiger partial charge in [0.15, 0.2) is 0 Å². The van der Waals surface area contributed by atoms with Gasteiger partial charge in [-0.05, 0) is 110 Å². The Labute approximate surface area is 580 Å². The first-order chi connectivity index (χ1) is 47.9. The normalized spacial score (nSPS) is 16.5. The van der Waals surface area contributed by atoms with Crippen molar-refractivity contribution >= 4 is 103 Å². The lowest BCUT2D eigenvalue weighted by atomic mass is 9.80. The number of aryl methyl sites for hydroxylation is 1. The summed E-state index contributed by atoms with van der Waals surface area (Å²) >= 11 is 6.54. The molecule has 4 amide bonds. The number of rotatable bonds is 19. The predicted octanol–water partition coefficient (Wildman–Crippen LogP) is 13.4. The van der Waals surface area contributed by atoms with Crippen LogP contribution in [0.5, 0.6) is 0 Å². The maximum absolute atomic E-state index is 14.4. The van der Waals surface area contributed by atoms with Crippen molar-refractivity contribution in [1.29, 1.82) is 0 Å². The van der Waals surface area contributed by atoms with E-state index in [9.17, 15) is 19.2 Å². The highest BCUT2D eigenvalue weighted by Crippen LogP contribution is 2.68. The van der Waals surface area contributed by atoms with Crippen molar-refractivity contribution in [2.75, 3.05) is 10.6 Å². The maximum Gasteiger partial charge on any atom is 0.253 e. The second-order valence-electron chi connectivity index (χ2n) is 23.7. The molecule has 478 valence electrons. The van der Waals surface area contributed by atoms with Gasteiger partial charge in [0.05, 0.1) is 60.3 Å². The zero-order valence-electron chi connectivity index (χ0n) is 52.7. The van der Waals surface area contributed by atoms with E-state index in [4.69, 9.17) is 20.0 Å². The minimum Gasteiger partial charge on any atom is -0.340 e. The highest BCUT2D eigenvalue weighted by atomic mass is 32.2. The van der Waals surface area contributed by atoms with E-state index in [0.29, 0.717) is 45.3 Å². The molecule has 1 aliphatic carbocycles. The van der Waals surface area contributed by atoms with Crippen LogP contribution in [-0.4, -0.2) is 80.5 Å². The van der Waals surface area contributed by atoms with Crippen molar-refractivity contribution in [2.24, 2.45) is 9.98 Å². The summed E-state index contributed by atoms with van der Waals surface area (Å²) < 4.78 is -0.892. The average Bonchev–Trinajstić information content (AvgIpc) is 1.50. The Bertz CT molecular complexity index is 5190. The number of nitrogens with zero attached hydrogens (tertiary/aromatic N) is 8. The molecule has 2 aliphatic heterocycles. The van der Waals surface area contributed by atoms with Crippen LogP contribution in [0.3, 0.4) is 0 Å². The Hall–Kier alpha value is -11.2. The lowest BCUT2D eigenvalue weighted by Crippen LogP contribution is -2.53. The van der Waals surface area contributed by atoms with E-state index >= 15 is 0 Å². The molecule has 3 aliphatic rings. The number of carbonyl (C=O) groups is 4. The molecule has 15 rings (SSSR count). The predicted molar refractivity (Wildman–Crippen MR) is 392 cm³/mol. The topological polar surface area (TPSA) is 218 Å². The third-order valence-corrected chi connectivity index (χ3v) is 22.5. The summed E-state index contributed by atoms with van der Waals surface area (Å²) in [7, 11) is 0. The van der Waals surface area contributed by atoms with E-state index in [0.717, 1.165) is 85.3 Å². The zero-order valence-corrected chi connectivity index (χ0v) is 55.9. The van der Waals surface area contributed by atoms with Crippen LogP contribution >= 0.6 is 46.2 Å². The average molecular weight is 1360 g/mol. The molecule has 0 radical (unpaired) electrons. The van der Waals surface area contributed by atoms with Crippen molar-refractivity contribution < 1.29 is 19.2 Å². The highest BCUT2D eigenvalue weighted by Gasteiger charge is 2.65. The van der Waals surface area contributed by atoms with Gasteiger partial charge < -0.3 is 21.3 Å². The van der Waals surface area contributed by atoms with Crippen LogP contribution in [0.25, 0.3) is 55.3 Å². The lowest BCUT2D eigenvalue weighted by Gasteiger charge is -2.43. The number of aliphatic imine (C=N–C) groups is 2. The Morgan fingerprint density at radius 2 is 0.878 bits per heavy atom. The molecule has 0 fully saturated rings. The Morgan fingerprint density at radius 3 is 1.38 bits per heavy atom. The Morgan fingerprint density at radius 1 is 0.439 bits per heavy atom. The molecule has 12 aromatic rings. The van der Waals surface area contributed by atoms with Crippen LogP contribution in [0.4, 0.5) is 11.4 Å². The molecular weight excluding hydrogens is 1300 g/mol. The number of hydrogen-bond donors (Lipinski definition) is 4. The zero-order chi connectivity index (χ0) is 66.7. The van der Waals surface area contributed by atoms with Gasteiger partial charge in [0.25, 0.3) is 11.8 Å². The SMILES string of the molecule is Cc1sc(-c2ccc(NC(=O)C(Cc3ccccc3)NC(=O)c3ccc(-c4ccccn4)nc3)cc2)nc1[C@@]12SC(c3ccccc3)=NC1=c1nc(-c3ccccc3)sc1=C1N=C(c3ccc(NC(=O)C(Cc4ccccc4)NC(=O)c4ccc(-c5ccccn5)nc4)cc3)S[C@]12C. The third kappa shape index (κ3) is 12.6. The van der Waals surface area contributed by atoms with Crippen LogP contribution < -0.4 is 31.1 Å². The molecule has 4 N–H and O–H groups in total. The lowest BCUT2D eigenvalue weighted by molar-refractivity contribution is -0.118. The molecule has 6 aromatic carbocycles. The van der Waals surface area contributed by atoms with Gasteiger partial charge in [-0.1, -0.05) is 169 Å². The molecule has 0 saturated carbocycles. The molecule has 0 bridgehead atoms. The van der Waals surface area contributed by atoms with E-state index in [1.54, 1.807) is 82.9 Å². The van der Waals surface area contributed by atoms with Gasteiger partial charge in [0, 0.05) is 76.1 Å². The quantitative estimate of drug-likeness (QED) is 0.0594. The van der Waals surface area contributed by atoms with Crippen LogP contribution in [-0.2, 0) is 27.2 Å². The van der Waals surface area contributed by atoms with Crippen molar-refractivity contribution in [1.82, 2.24) is 40.5 Å². The Kier molecular flexibility index (Phi) is 17.4. The number of hydrogen-bond acceptors (Lipinski definition) is 16. The fourth-order valence-electron chi connectivity index (χ4n) is 12.2. The number of fused-ring (bicyclic) bond motifs is 4. The second-order valence-corrected chi connectivity index (χ2v) is 28.5. The summed E-state index contributed by atoms with van der Waals surface area (Å²) in [5.74, 6) is -1.64. The minimum atomic E-state index is -0.982. The van der Waals surface area contributed by atoms with Gasteiger partial charge in [-0.3, -0.25) is 39.1 Å². The van der Waals surface area contributed by atoms with Gasteiger partial charge in [0.2, 0.25) is 11.8 Å². The molecule has 8 heterocycles. The first-order valence-electron chi connectivity index (χ1n) is 31.6. The van der Waals surface area contributed by atoms with Gasteiger partial charge in [-0.2, -0.15) is 0 Å². The number of nitrogens with one attached hydrogen (secondary N) is 4. The molecular formula is C78H58N12O4S4. The van der Waals surface area contributed by atoms with Gasteiger partial charge in [-0.15, -0.1) is 22.7 Å².